The van der Waals surface area contributed by atoms with Gasteiger partial charge in [-0.1, -0.05) is 184 Å². The van der Waals surface area contributed by atoms with Crippen molar-refractivity contribution in [1.29, 1.82) is 0 Å². The number of para-hydroxylation sites is 3. The molecule has 0 amide bonds. The van der Waals surface area contributed by atoms with Crippen LogP contribution in [0.1, 0.15) is 47.2 Å². The first-order valence-corrected chi connectivity index (χ1v) is 21.0. The van der Waals surface area contributed by atoms with Gasteiger partial charge in [-0.25, -0.2) is 0 Å². The summed E-state index contributed by atoms with van der Waals surface area (Å²) in [6.45, 7) is 4.81. The maximum absolute atomic E-state index is 2.73. The molecule has 0 saturated heterocycles. The third kappa shape index (κ3) is 3.64. The van der Waals surface area contributed by atoms with Gasteiger partial charge >= 0.3 is 6.85 Å². The summed E-state index contributed by atoms with van der Waals surface area (Å²) < 4.78 is 2.73. The second-order valence-electron chi connectivity index (χ2n) is 17.5. The Labute approximate surface area is 343 Å². The SMILES string of the molecule is CC1(C)c2ccccc2-c2c1cc1c3c2-c2cccc4c5c6ccccc6ccc5n(c24)B3c2cccc3c2N1c1ccccc1C3(c1ccccc1)c1ccccc1. The molecule has 3 aliphatic heterocycles. The van der Waals surface area contributed by atoms with E-state index in [9.17, 15) is 0 Å². The van der Waals surface area contributed by atoms with Gasteiger partial charge in [0.25, 0.3) is 0 Å². The molecule has 14 rings (SSSR count). The molecule has 1 aliphatic carbocycles. The zero-order valence-corrected chi connectivity index (χ0v) is 32.9. The van der Waals surface area contributed by atoms with E-state index in [2.05, 4.69) is 211 Å². The standard InChI is InChI=1S/C56H37BN2/c1-55(2)41-26-12-11-23-38(41)50-44(55)33-48-52-51(50)40-25-15-24-39-49-37-22-10-9-17-34(37)31-32-47(49)59(53(39)40)57(52)45-29-16-28-43-54(45)58(48)46-30-14-13-27-42(46)56(43,35-18-5-3-6-19-35)36-20-7-4-8-21-36/h3-33H,1-2H3. The molecule has 59 heavy (non-hydrogen) atoms. The van der Waals surface area contributed by atoms with Crippen LogP contribution in [-0.4, -0.2) is 11.3 Å². The highest BCUT2D eigenvalue weighted by atomic mass is 15.2. The second-order valence-corrected chi connectivity index (χ2v) is 17.5. The molecule has 2 nitrogen and oxygen atoms in total. The van der Waals surface area contributed by atoms with Gasteiger partial charge in [0.15, 0.2) is 0 Å². The molecule has 0 fully saturated rings. The maximum Gasteiger partial charge on any atom is 0.333 e. The van der Waals surface area contributed by atoms with E-state index in [1.807, 2.05) is 0 Å². The Balaban J connectivity index is 1.22. The molecule has 0 unspecified atom stereocenters. The van der Waals surface area contributed by atoms with Crippen LogP contribution in [0.25, 0.3) is 54.8 Å². The molecule has 10 aromatic rings. The van der Waals surface area contributed by atoms with E-state index in [4.69, 9.17) is 0 Å². The molecule has 0 saturated carbocycles. The summed E-state index contributed by atoms with van der Waals surface area (Å²) in [5.41, 5.74) is 21.9. The molecule has 0 atom stereocenters. The van der Waals surface area contributed by atoms with E-state index in [0.29, 0.717) is 0 Å². The van der Waals surface area contributed by atoms with Crippen LogP contribution in [0.15, 0.2) is 188 Å². The Kier molecular flexibility index (Phi) is 5.89. The summed E-state index contributed by atoms with van der Waals surface area (Å²) in [5, 5.41) is 5.25. The van der Waals surface area contributed by atoms with Crippen molar-refractivity contribution in [3.8, 4) is 22.3 Å². The lowest BCUT2D eigenvalue weighted by Crippen LogP contribution is -2.58. The number of hydrogen-bond acceptors (Lipinski definition) is 1. The van der Waals surface area contributed by atoms with E-state index < -0.39 is 5.41 Å². The maximum atomic E-state index is 2.73. The number of aromatic nitrogens is 1. The monoisotopic (exact) mass is 748 g/mol. The number of hydrogen-bond donors (Lipinski definition) is 0. The smallest absolute Gasteiger partial charge is 0.333 e. The van der Waals surface area contributed by atoms with Gasteiger partial charge < -0.3 is 9.38 Å². The molecule has 274 valence electrons. The van der Waals surface area contributed by atoms with Crippen molar-refractivity contribution in [2.24, 2.45) is 0 Å². The minimum atomic E-state index is -0.551. The van der Waals surface area contributed by atoms with Gasteiger partial charge in [0, 0.05) is 44.2 Å². The minimum absolute atomic E-state index is 0.0575. The second kappa shape index (κ2) is 10.9. The normalized spacial score (nSPS) is 15.5. The van der Waals surface area contributed by atoms with Gasteiger partial charge in [0.1, 0.15) is 0 Å². The summed E-state index contributed by atoms with van der Waals surface area (Å²) >= 11 is 0. The first-order valence-electron chi connectivity index (χ1n) is 21.0. The summed E-state index contributed by atoms with van der Waals surface area (Å²) in [7, 11) is 0. The topological polar surface area (TPSA) is 8.17 Å². The largest absolute Gasteiger partial charge is 0.375 e. The molecule has 0 bridgehead atoms. The van der Waals surface area contributed by atoms with Crippen molar-refractivity contribution in [1.82, 2.24) is 4.48 Å². The third-order valence-electron chi connectivity index (χ3n) is 14.6. The third-order valence-corrected chi connectivity index (χ3v) is 14.6. The summed E-state index contributed by atoms with van der Waals surface area (Å²) in [5.74, 6) is 0. The van der Waals surface area contributed by atoms with Gasteiger partial charge in [-0.3, -0.25) is 0 Å². The van der Waals surface area contributed by atoms with E-state index in [-0.39, 0.29) is 12.3 Å². The van der Waals surface area contributed by atoms with Gasteiger partial charge in [-0.15, -0.1) is 0 Å². The average molecular weight is 749 g/mol. The fourth-order valence-electron chi connectivity index (χ4n) is 12.4. The Bertz CT molecular complexity index is 3450. The Hall–Kier alpha value is -7.10. The Morgan fingerprint density at radius 1 is 0.475 bits per heavy atom. The van der Waals surface area contributed by atoms with Crippen molar-refractivity contribution in [2.45, 2.75) is 24.7 Å². The predicted molar refractivity (Wildman–Crippen MR) is 247 cm³/mol. The molecule has 0 N–H and O–H groups in total. The number of benzene rings is 9. The molecular formula is C56H37BN2. The van der Waals surface area contributed by atoms with Crippen molar-refractivity contribution in [2.75, 3.05) is 4.90 Å². The van der Waals surface area contributed by atoms with Crippen molar-refractivity contribution < 1.29 is 0 Å². The molecule has 4 heterocycles. The minimum Gasteiger partial charge on any atom is -0.375 e. The molecular weight excluding hydrogens is 711 g/mol. The van der Waals surface area contributed by atoms with Crippen LogP contribution in [0.3, 0.4) is 0 Å². The van der Waals surface area contributed by atoms with Crippen LogP contribution >= 0.6 is 0 Å². The first kappa shape index (κ1) is 31.9. The lowest BCUT2D eigenvalue weighted by atomic mass is 9.43. The number of anilines is 3. The Morgan fingerprint density at radius 2 is 1.12 bits per heavy atom. The van der Waals surface area contributed by atoms with Gasteiger partial charge in [0.05, 0.1) is 11.1 Å². The fraction of sp³-hybridized carbons (Fsp3) is 0.0714. The van der Waals surface area contributed by atoms with Gasteiger partial charge in [-0.2, -0.15) is 0 Å². The quantitative estimate of drug-likeness (QED) is 0.160. The highest BCUT2D eigenvalue weighted by Crippen LogP contribution is 2.61. The molecule has 0 spiro atoms. The number of fused-ring (bicyclic) bond motifs is 15. The van der Waals surface area contributed by atoms with Crippen LogP contribution in [-0.2, 0) is 10.8 Å². The van der Waals surface area contributed by atoms with Crippen LogP contribution in [0.5, 0.6) is 0 Å². The zero-order valence-electron chi connectivity index (χ0n) is 32.9. The summed E-state index contributed by atoms with van der Waals surface area (Å²) in [6.07, 6.45) is 0. The zero-order chi connectivity index (χ0) is 38.8. The highest BCUT2D eigenvalue weighted by Gasteiger charge is 2.53. The first-order chi connectivity index (χ1) is 29.1. The van der Waals surface area contributed by atoms with Crippen molar-refractivity contribution in [3.05, 3.63) is 221 Å². The van der Waals surface area contributed by atoms with Crippen molar-refractivity contribution in [3.63, 3.8) is 0 Å². The summed E-state index contributed by atoms with van der Waals surface area (Å²) in [6, 6.07) is 71.5. The Morgan fingerprint density at radius 3 is 1.93 bits per heavy atom. The number of rotatable bonds is 2. The van der Waals surface area contributed by atoms with Gasteiger partial charge in [0.2, 0.25) is 0 Å². The molecule has 1 aromatic heterocycles. The van der Waals surface area contributed by atoms with E-state index in [0.717, 1.165) is 0 Å². The lowest BCUT2D eigenvalue weighted by molar-refractivity contribution is 0.660. The molecule has 9 aromatic carbocycles. The van der Waals surface area contributed by atoms with E-state index in [1.54, 1.807) is 0 Å². The average Bonchev–Trinajstić information content (AvgIpc) is 3.75. The van der Waals surface area contributed by atoms with Gasteiger partial charge in [-0.05, 0) is 90.0 Å². The van der Waals surface area contributed by atoms with Crippen LogP contribution in [0.2, 0.25) is 0 Å². The predicted octanol–water partition coefficient (Wildman–Crippen LogP) is 12.4. The van der Waals surface area contributed by atoms with Crippen LogP contribution in [0.4, 0.5) is 17.1 Å². The molecule has 0 radical (unpaired) electrons. The highest BCUT2D eigenvalue weighted by molar-refractivity contribution is 6.90. The summed E-state index contributed by atoms with van der Waals surface area (Å²) in [4.78, 5) is 2.67. The molecule has 3 heteroatoms. The molecule has 4 aliphatic rings. The lowest BCUT2D eigenvalue weighted by Gasteiger charge is -2.51. The fourth-order valence-corrected chi connectivity index (χ4v) is 12.4. The van der Waals surface area contributed by atoms with Crippen LogP contribution in [0, 0.1) is 0 Å². The van der Waals surface area contributed by atoms with E-state index in [1.165, 1.54) is 116 Å². The number of nitrogens with zero attached hydrogens (tertiary/aromatic N) is 2. The van der Waals surface area contributed by atoms with Crippen LogP contribution < -0.4 is 15.8 Å². The van der Waals surface area contributed by atoms with E-state index >= 15 is 0 Å². The van der Waals surface area contributed by atoms with Crippen molar-refractivity contribution >= 4 is 67.4 Å².